The van der Waals surface area contributed by atoms with Crippen LogP contribution in [0.2, 0.25) is 5.02 Å². The van der Waals surface area contributed by atoms with Crippen molar-refractivity contribution in [1.82, 2.24) is 5.32 Å². The van der Waals surface area contributed by atoms with Gasteiger partial charge in [-0.3, -0.25) is 14.9 Å². The van der Waals surface area contributed by atoms with Gasteiger partial charge < -0.3 is 14.7 Å². The number of halogens is 1. The predicted molar refractivity (Wildman–Crippen MR) is 128 cm³/mol. The van der Waals surface area contributed by atoms with Gasteiger partial charge in [0.15, 0.2) is 0 Å². The van der Waals surface area contributed by atoms with Crippen molar-refractivity contribution in [1.29, 1.82) is 0 Å². The number of carbonyl (C=O) groups is 2. The van der Waals surface area contributed by atoms with Gasteiger partial charge in [-0.25, -0.2) is 0 Å². The molecule has 4 rings (SSSR count). The Morgan fingerprint density at radius 1 is 1.03 bits per heavy atom. The highest BCUT2D eigenvalue weighted by atomic mass is 35.5. The molecule has 1 heterocycles. The van der Waals surface area contributed by atoms with Crippen LogP contribution < -0.4 is 15.0 Å². The van der Waals surface area contributed by atoms with Crippen LogP contribution in [0.1, 0.15) is 17.5 Å². The maximum absolute atomic E-state index is 13.6. The minimum atomic E-state index is -0.996. The lowest BCUT2D eigenvalue weighted by atomic mass is 10.0. The first-order valence-corrected chi connectivity index (χ1v) is 11.2. The standard InChI is InChI=1S/C26H25ClN2O4/c27-20-13-10-19(11-14-20)16-29-23-8-4-5-9-24(23)33-17-22(25(29)30)28-21(26(31)32)15-12-18-6-2-1-3-7-18/h1-11,13-14,21-22,28H,12,15-17H2,(H,31,32)/t21-,22-/m0/s1. The Bertz CT molecular complexity index is 1100. The summed E-state index contributed by atoms with van der Waals surface area (Å²) >= 11 is 6.01. The van der Waals surface area contributed by atoms with E-state index < -0.39 is 18.1 Å². The third-order valence-electron chi connectivity index (χ3n) is 5.64. The number of rotatable bonds is 8. The third kappa shape index (κ3) is 5.72. The topological polar surface area (TPSA) is 78.9 Å². The number of anilines is 1. The number of carbonyl (C=O) groups excluding carboxylic acids is 1. The molecule has 0 fully saturated rings. The number of nitrogens with one attached hydrogen (secondary N) is 1. The Labute approximate surface area is 197 Å². The van der Waals surface area contributed by atoms with E-state index in [1.54, 1.807) is 17.0 Å². The molecule has 3 aromatic rings. The molecule has 0 radical (unpaired) electrons. The molecule has 2 N–H and O–H groups in total. The quantitative estimate of drug-likeness (QED) is 0.519. The Morgan fingerprint density at radius 3 is 2.45 bits per heavy atom. The first-order valence-electron chi connectivity index (χ1n) is 10.8. The van der Waals surface area contributed by atoms with Crippen LogP contribution in [0.25, 0.3) is 0 Å². The van der Waals surface area contributed by atoms with E-state index in [0.717, 1.165) is 11.1 Å². The molecule has 170 valence electrons. The molecule has 0 aliphatic carbocycles. The van der Waals surface area contributed by atoms with Crippen molar-refractivity contribution in [3.05, 3.63) is 95.0 Å². The normalized spacial score (nSPS) is 16.5. The van der Waals surface area contributed by atoms with E-state index in [2.05, 4.69) is 5.32 Å². The van der Waals surface area contributed by atoms with Gasteiger partial charge in [-0.2, -0.15) is 0 Å². The summed E-state index contributed by atoms with van der Waals surface area (Å²) in [4.78, 5) is 27.2. The molecule has 0 aromatic heterocycles. The number of aliphatic carboxylic acids is 1. The van der Waals surface area contributed by atoms with Crippen molar-refractivity contribution >= 4 is 29.2 Å². The number of ether oxygens (including phenoxy) is 1. The fraction of sp³-hybridized carbons (Fsp3) is 0.231. The molecule has 6 nitrogen and oxygen atoms in total. The van der Waals surface area contributed by atoms with Crippen LogP contribution >= 0.6 is 11.6 Å². The minimum Gasteiger partial charge on any atom is -0.489 e. The summed E-state index contributed by atoms with van der Waals surface area (Å²) in [7, 11) is 0. The van der Waals surface area contributed by atoms with Gasteiger partial charge in [-0.15, -0.1) is 0 Å². The van der Waals surface area contributed by atoms with Crippen LogP contribution in [-0.4, -0.2) is 35.7 Å². The summed E-state index contributed by atoms with van der Waals surface area (Å²) in [6, 6.07) is 22.6. The average molecular weight is 465 g/mol. The number of amides is 1. The number of hydrogen-bond donors (Lipinski definition) is 2. The molecule has 0 unspecified atom stereocenters. The fourth-order valence-corrected chi connectivity index (χ4v) is 4.01. The second-order valence-electron chi connectivity index (χ2n) is 7.96. The number of carboxylic acid groups (broad SMARTS) is 1. The number of fused-ring (bicyclic) bond motifs is 1. The molecular weight excluding hydrogens is 440 g/mol. The van der Waals surface area contributed by atoms with E-state index in [0.29, 0.717) is 35.8 Å². The van der Waals surface area contributed by atoms with Crippen molar-refractivity contribution in [3.8, 4) is 5.75 Å². The summed E-state index contributed by atoms with van der Waals surface area (Å²) in [5.41, 5.74) is 2.60. The Morgan fingerprint density at radius 2 is 1.73 bits per heavy atom. The molecule has 1 aliphatic rings. The van der Waals surface area contributed by atoms with Crippen molar-refractivity contribution in [2.45, 2.75) is 31.5 Å². The molecule has 0 saturated carbocycles. The largest absolute Gasteiger partial charge is 0.489 e. The van der Waals surface area contributed by atoms with E-state index in [9.17, 15) is 14.7 Å². The number of carboxylic acids is 1. The number of aryl methyl sites for hydroxylation is 1. The number of para-hydroxylation sites is 2. The van der Waals surface area contributed by atoms with E-state index in [1.807, 2.05) is 66.7 Å². The van der Waals surface area contributed by atoms with E-state index >= 15 is 0 Å². The maximum atomic E-state index is 13.6. The van der Waals surface area contributed by atoms with Crippen molar-refractivity contribution in [3.63, 3.8) is 0 Å². The monoisotopic (exact) mass is 464 g/mol. The molecule has 2 atom stereocenters. The highest BCUT2D eigenvalue weighted by Crippen LogP contribution is 2.32. The molecule has 3 aromatic carbocycles. The summed E-state index contributed by atoms with van der Waals surface area (Å²) in [5.74, 6) is -0.647. The third-order valence-corrected chi connectivity index (χ3v) is 5.90. The smallest absolute Gasteiger partial charge is 0.320 e. The molecule has 0 spiro atoms. The average Bonchev–Trinajstić information content (AvgIpc) is 2.95. The van der Waals surface area contributed by atoms with Crippen LogP contribution in [0, 0.1) is 0 Å². The lowest BCUT2D eigenvalue weighted by molar-refractivity contribution is -0.140. The van der Waals surface area contributed by atoms with Crippen LogP contribution in [0.3, 0.4) is 0 Å². The van der Waals surface area contributed by atoms with Gasteiger partial charge in [0.2, 0.25) is 5.91 Å². The molecule has 0 bridgehead atoms. The summed E-state index contributed by atoms with van der Waals surface area (Å²) in [5, 5.41) is 13.5. The summed E-state index contributed by atoms with van der Waals surface area (Å²) in [6.45, 7) is 0.360. The summed E-state index contributed by atoms with van der Waals surface area (Å²) < 4.78 is 5.92. The lowest BCUT2D eigenvalue weighted by Gasteiger charge is -2.26. The number of nitrogens with zero attached hydrogens (tertiary/aromatic N) is 1. The van der Waals surface area contributed by atoms with Crippen molar-refractivity contribution < 1.29 is 19.4 Å². The molecule has 1 aliphatic heterocycles. The van der Waals surface area contributed by atoms with E-state index in [-0.39, 0.29) is 12.5 Å². The van der Waals surface area contributed by atoms with Gasteiger partial charge in [0.25, 0.3) is 0 Å². The Balaban J connectivity index is 1.54. The summed E-state index contributed by atoms with van der Waals surface area (Å²) in [6.07, 6.45) is 0.939. The van der Waals surface area contributed by atoms with E-state index in [4.69, 9.17) is 16.3 Å². The van der Waals surface area contributed by atoms with Crippen molar-refractivity contribution in [2.24, 2.45) is 0 Å². The minimum absolute atomic E-state index is 0.0437. The second-order valence-corrected chi connectivity index (χ2v) is 8.40. The van der Waals surface area contributed by atoms with Crippen LogP contribution in [-0.2, 0) is 22.6 Å². The highest BCUT2D eigenvalue weighted by Gasteiger charge is 2.34. The number of hydrogen-bond acceptors (Lipinski definition) is 4. The van der Waals surface area contributed by atoms with Gasteiger partial charge in [0.05, 0.1) is 12.2 Å². The van der Waals surface area contributed by atoms with Crippen LogP contribution in [0.4, 0.5) is 5.69 Å². The zero-order valence-electron chi connectivity index (χ0n) is 18.0. The lowest BCUT2D eigenvalue weighted by Crippen LogP contribution is -2.53. The molecular formula is C26H25ClN2O4. The van der Waals surface area contributed by atoms with Gasteiger partial charge >= 0.3 is 5.97 Å². The van der Waals surface area contributed by atoms with Gasteiger partial charge in [0.1, 0.15) is 24.4 Å². The highest BCUT2D eigenvalue weighted by molar-refractivity contribution is 6.30. The molecule has 1 amide bonds. The van der Waals surface area contributed by atoms with Crippen molar-refractivity contribution in [2.75, 3.05) is 11.5 Å². The van der Waals surface area contributed by atoms with Gasteiger partial charge in [0, 0.05) is 5.02 Å². The molecule has 33 heavy (non-hydrogen) atoms. The fourth-order valence-electron chi connectivity index (χ4n) is 3.88. The zero-order chi connectivity index (χ0) is 23.2. The van der Waals surface area contributed by atoms with Crippen LogP contribution in [0.5, 0.6) is 5.75 Å². The van der Waals surface area contributed by atoms with Crippen LogP contribution in [0.15, 0.2) is 78.9 Å². The second kappa shape index (κ2) is 10.5. The first-order chi connectivity index (χ1) is 16.0. The first kappa shape index (κ1) is 22.8. The molecule has 0 saturated heterocycles. The van der Waals surface area contributed by atoms with E-state index in [1.165, 1.54) is 0 Å². The SMILES string of the molecule is O=C(O)[C@H](CCc1ccccc1)N[C@H]1COc2ccccc2N(Cc2ccc(Cl)cc2)C1=O. The predicted octanol–water partition coefficient (Wildman–Crippen LogP) is 4.31. The molecule has 7 heteroatoms. The zero-order valence-corrected chi connectivity index (χ0v) is 18.7. The van der Waals surface area contributed by atoms with Gasteiger partial charge in [-0.1, -0.05) is 66.2 Å². The number of benzene rings is 3. The van der Waals surface area contributed by atoms with Gasteiger partial charge in [-0.05, 0) is 48.2 Å². The Kier molecular flexibility index (Phi) is 7.27. The maximum Gasteiger partial charge on any atom is 0.320 e. The Hall–Kier alpha value is -3.35.